The molecule has 0 saturated heterocycles. The van der Waals surface area contributed by atoms with Crippen LogP contribution >= 0.6 is 0 Å². The third-order valence-corrected chi connectivity index (χ3v) is 2.51. The first-order chi connectivity index (χ1) is 6.69. The summed E-state index contributed by atoms with van der Waals surface area (Å²) in [6, 6.07) is 6.85. The molecule has 0 bridgehead atoms. The molecule has 0 fully saturated rings. The third-order valence-electron chi connectivity index (χ3n) is 2.51. The quantitative estimate of drug-likeness (QED) is 0.798. The number of anilines is 1. The molecule has 0 saturated carbocycles. The van der Waals surface area contributed by atoms with Gasteiger partial charge in [-0.2, -0.15) is 0 Å². The molecule has 2 nitrogen and oxygen atoms in total. The summed E-state index contributed by atoms with van der Waals surface area (Å²) < 4.78 is 12.9. The van der Waals surface area contributed by atoms with E-state index < -0.39 is 0 Å². The molecule has 1 aromatic carbocycles. The number of hydrogen-bond acceptors (Lipinski definition) is 2. The Kier molecular flexibility index (Phi) is 3.89. The Morgan fingerprint density at radius 1 is 1.50 bits per heavy atom. The third kappa shape index (κ3) is 2.45. The molecule has 14 heavy (non-hydrogen) atoms. The van der Waals surface area contributed by atoms with Crippen LogP contribution in [0, 0.1) is 5.82 Å². The van der Waals surface area contributed by atoms with E-state index in [1.807, 2.05) is 18.0 Å². The Balaban J connectivity index is 2.82. The van der Waals surface area contributed by atoms with Crippen LogP contribution in [0.2, 0.25) is 0 Å². The second-order valence-corrected chi connectivity index (χ2v) is 3.39. The molecular weight excluding hydrogens is 179 g/mol. The summed E-state index contributed by atoms with van der Waals surface area (Å²) in [5.74, 6) is -0.207. The van der Waals surface area contributed by atoms with Gasteiger partial charge in [-0.25, -0.2) is 4.39 Å². The number of benzene rings is 1. The maximum Gasteiger partial charge on any atom is 0.125 e. The van der Waals surface area contributed by atoms with E-state index in [1.165, 1.54) is 12.1 Å². The average molecular weight is 196 g/mol. The number of hydrogen-bond donors (Lipinski definition) is 1. The van der Waals surface area contributed by atoms with Crippen molar-refractivity contribution < 1.29 is 4.39 Å². The number of rotatable bonds is 4. The largest absolute Gasteiger partial charge is 0.370 e. The number of nitrogens with two attached hydrogens (primary N) is 1. The van der Waals surface area contributed by atoms with Gasteiger partial charge in [0.25, 0.3) is 0 Å². The van der Waals surface area contributed by atoms with Gasteiger partial charge in [0.1, 0.15) is 5.82 Å². The summed E-state index contributed by atoms with van der Waals surface area (Å²) >= 11 is 0. The molecular formula is C11H17FN2. The van der Waals surface area contributed by atoms with E-state index in [4.69, 9.17) is 5.73 Å². The van der Waals surface area contributed by atoms with Crippen LogP contribution in [0.3, 0.4) is 0 Å². The highest BCUT2D eigenvalue weighted by atomic mass is 19.1. The summed E-state index contributed by atoms with van der Waals surface area (Å²) in [5.41, 5.74) is 6.50. The first-order valence-electron chi connectivity index (χ1n) is 4.87. The van der Waals surface area contributed by atoms with Crippen molar-refractivity contribution in [2.24, 2.45) is 5.73 Å². The normalized spacial score (nSPS) is 12.6. The van der Waals surface area contributed by atoms with Crippen LogP contribution in [-0.4, -0.2) is 19.6 Å². The standard InChI is InChI=1S/C11H17FN2/c1-3-10(8-13)14(2)11-6-4-5-9(12)7-11/h4-7,10H,3,8,13H2,1-2H3. The molecule has 3 heteroatoms. The summed E-state index contributed by atoms with van der Waals surface area (Å²) in [6.45, 7) is 2.66. The van der Waals surface area contributed by atoms with Crippen molar-refractivity contribution in [3.05, 3.63) is 30.1 Å². The molecule has 78 valence electrons. The van der Waals surface area contributed by atoms with Crippen LogP contribution < -0.4 is 10.6 Å². The summed E-state index contributed by atoms with van der Waals surface area (Å²) in [7, 11) is 1.94. The molecule has 2 N–H and O–H groups in total. The number of nitrogens with zero attached hydrogens (tertiary/aromatic N) is 1. The molecule has 0 aromatic heterocycles. The maximum absolute atomic E-state index is 12.9. The van der Waals surface area contributed by atoms with Gasteiger partial charge in [0.15, 0.2) is 0 Å². The van der Waals surface area contributed by atoms with Crippen molar-refractivity contribution in [3.63, 3.8) is 0 Å². The molecule has 0 heterocycles. The van der Waals surface area contributed by atoms with Crippen LogP contribution in [0.5, 0.6) is 0 Å². The van der Waals surface area contributed by atoms with Gasteiger partial charge >= 0.3 is 0 Å². The Bertz CT molecular complexity index is 284. The zero-order valence-electron chi connectivity index (χ0n) is 8.70. The summed E-state index contributed by atoms with van der Waals surface area (Å²) in [5, 5.41) is 0. The SMILES string of the molecule is CCC(CN)N(C)c1cccc(F)c1. The van der Waals surface area contributed by atoms with Gasteiger partial charge in [-0.1, -0.05) is 13.0 Å². The van der Waals surface area contributed by atoms with Crippen molar-refractivity contribution in [2.75, 3.05) is 18.5 Å². The minimum absolute atomic E-state index is 0.207. The van der Waals surface area contributed by atoms with Crippen LogP contribution in [0.25, 0.3) is 0 Å². The lowest BCUT2D eigenvalue weighted by Crippen LogP contribution is -2.37. The van der Waals surface area contributed by atoms with Gasteiger partial charge < -0.3 is 10.6 Å². The lowest BCUT2D eigenvalue weighted by molar-refractivity contribution is 0.607. The van der Waals surface area contributed by atoms with E-state index in [9.17, 15) is 4.39 Å². The predicted octanol–water partition coefficient (Wildman–Crippen LogP) is 2.00. The molecule has 0 radical (unpaired) electrons. The molecule has 1 atom stereocenters. The monoisotopic (exact) mass is 196 g/mol. The maximum atomic E-state index is 12.9. The highest BCUT2D eigenvalue weighted by Gasteiger charge is 2.11. The van der Waals surface area contributed by atoms with Gasteiger partial charge in [-0.05, 0) is 24.6 Å². The Hall–Kier alpha value is -1.09. The lowest BCUT2D eigenvalue weighted by Gasteiger charge is -2.28. The highest BCUT2D eigenvalue weighted by molar-refractivity contribution is 5.46. The van der Waals surface area contributed by atoms with Crippen LogP contribution in [0.4, 0.5) is 10.1 Å². The van der Waals surface area contributed by atoms with Gasteiger partial charge in [0.2, 0.25) is 0 Å². The zero-order valence-corrected chi connectivity index (χ0v) is 8.70. The second kappa shape index (κ2) is 4.96. The summed E-state index contributed by atoms with van der Waals surface area (Å²) in [4.78, 5) is 2.02. The fourth-order valence-electron chi connectivity index (χ4n) is 1.50. The molecule has 1 unspecified atom stereocenters. The van der Waals surface area contributed by atoms with E-state index in [-0.39, 0.29) is 11.9 Å². The van der Waals surface area contributed by atoms with Crippen molar-refractivity contribution in [2.45, 2.75) is 19.4 Å². The number of likely N-dealkylation sites (N-methyl/N-ethyl adjacent to an activating group) is 1. The number of halogens is 1. The Morgan fingerprint density at radius 3 is 2.71 bits per heavy atom. The molecule has 0 aliphatic heterocycles. The molecule has 1 aromatic rings. The molecule has 0 aliphatic rings. The van der Waals surface area contributed by atoms with Crippen LogP contribution in [0.15, 0.2) is 24.3 Å². The van der Waals surface area contributed by atoms with Crippen molar-refractivity contribution in [3.8, 4) is 0 Å². The summed E-state index contributed by atoms with van der Waals surface area (Å²) in [6.07, 6.45) is 0.962. The van der Waals surface area contributed by atoms with E-state index in [0.29, 0.717) is 6.54 Å². The first kappa shape index (κ1) is 11.0. The van der Waals surface area contributed by atoms with Gasteiger partial charge in [0.05, 0.1) is 0 Å². The lowest BCUT2D eigenvalue weighted by atomic mass is 10.1. The Labute approximate surface area is 84.5 Å². The minimum Gasteiger partial charge on any atom is -0.370 e. The van der Waals surface area contributed by atoms with Crippen LogP contribution in [0.1, 0.15) is 13.3 Å². The minimum atomic E-state index is -0.207. The van der Waals surface area contributed by atoms with Crippen molar-refractivity contribution in [1.82, 2.24) is 0 Å². The van der Waals surface area contributed by atoms with E-state index in [1.54, 1.807) is 6.07 Å². The van der Waals surface area contributed by atoms with Gasteiger partial charge in [-0.3, -0.25) is 0 Å². The second-order valence-electron chi connectivity index (χ2n) is 3.39. The van der Waals surface area contributed by atoms with Gasteiger partial charge in [-0.15, -0.1) is 0 Å². The molecule has 1 rings (SSSR count). The fraction of sp³-hybridized carbons (Fsp3) is 0.455. The van der Waals surface area contributed by atoms with Gasteiger partial charge in [0, 0.05) is 25.3 Å². The smallest absolute Gasteiger partial charge is 0.125 e. The molecule has 0 aliphatic carbocycles. The first-order valence-corrected chi connectivity index (χ1v) is 4.87. The highest BCUT2D eigenvalue weighted by Crippen LogP contribution is 2.17. The van der Waals surface area contributed by atoms with E-state index in [0.717, 1.165) is 12.1 Å². The predicted molar refractivity (Wildman–Crippen MR) is 57.9 cm³/mol. The van der Waals surface area contributed by atoms with Crippen molar-refractivity contribution >= 4 is 5.69 Å². The molecule has 0 amide bonds. The Morgan fingerprint density at radius 2 is 2.21 bits per heavy atom. The average Bonchev–Trinajstić information content (AvgIpc) is 2.19. The molecule has 0 spiro atoms. The van der Waals surface area contributed by atoms with Crippen LogP contribution in [-0.2, 0) is 0 Å². The van der Waals surface area contributed by atoms with E-state index >= 15 is 0 Å². The van der Waals surface area contributed by atoms with Crippen molar-refractivity contribution in [1.29, 1.82) is 0 Å². The zero-order chi connectivity index (χ0) is 10.6. The van der Waals surface area contributed by atoms with E-state index in [2.05, 4.69) is 6.92 Å². The fourth-order valence-corrected chi connectivity index (χ4v) is 1.50. The topological polar surface area (TPSA) is 29.3 Å².